The highest BCUT2D eigenvalue weighted by atomic mass is 16.6. The van der Waals surface area contributed by atoms with Crippen molar-refractivity contribution in [2.24, 2.45) is 5.73 Å². The third-order valence-electron chi connectivity index (χ3n) is 3.55. The molecule has 1 fully saturated rings. The van der Waals surface area contributed by atoms with Crippen molar-refractivity contribution in [3.63, 3.8) is 0 Å². The van der Waals surface area contributed by atoms with Crippen molar-refractivity contribution in [2.45, 2.75) is 45.3 Å². The number of pyridine rings is 1. The van der Waals surface area contributed by atoms with Crippen molar-refractivity contribution >= 4 is 17.8 Å². The van der Waals surface area contributed by atoms with Gasteiger partial charge in [0.2, 0.25) is 5.91 Å². The summed E-state index contributed by atoms with van der Waals surface area (Å²) in [6.07, 6.45) is 2.83. The number of primary amides is 1. The number of nitrogens with one attached hydrogen (secondary N) is 1. The lowest BCUT2D eigenvalue weighted by Gasteiger charge is -2.33. The van der Waals surface area contributed by atoms with E-state index in [-0.39, 0.29) is 12.1 Å². The average molecular weight is 320 g/mol. The van der Waals surface area contributed by atoms with Gasteiger partial charge in [-0.3, -0.25) is 4.79 Å². The molecule has 0 radical (unpaired) electrons. The van der Waals surface area contributed by atoms with E-state index in [0.29, 0.717) is 24.5 Å². The van der Waals surface area contributed by atoms with Crippen LogP contribution in [0.5, 0.6) is 0 Å². The van der Waals surface area contributed by atoms with Crippen LogP contribution in [-0.4, -0.2) is 46.6 Å². The fraction of sp³-hybridized carbons (Fsp3) is 0.562. The second-order valence-corrected chi connectivity index (χ2v) is 6.68. The summed E-state index contributed by atoms with van der Waals surface area (Å²) in [4.78, 5) is 28.9. The van der Waals surface area contributed by atoms with Gasteiger partial charge in [-0.2, -0.15) is 0 Å². The van der Waals surface area contributed by atoms with E-state index < -0.39 is 11.5 Å². The number of hydrogen-bond acceptors (Lipinski definition) is 5. The van der Waals surface area contributed by atoms with E-state index in [1.165, 1.54) is 6.20 Å². The van der Waals surface area contributed by atoms with Crippen LogP contribution in [0.4, 0.5) is 10.6 Å². The van der Waals surface area contributed by atoms with Gasteiger partial charge in [0.25, 0.3) is 0 Å². The lowest BCUT2D eigenvalue weighted by molar-refractivity contribution is 0.0210. The van der Waals surface area contributed by atoms with Gasteiger partial charge in [0.1, 0.15) is 11.4 Å². The van der Waals surface area contributed by atoms with Gasteiger partial charge >= 0.3 is 6.09 Å². The third kappa shape index (κ3) is 5.12. The number of aromatic nitrogens is 1. The van der Waals surface area contributed by atoms with Crippen LogP contribution in [-0.2, 0) is 4.74 Å². The van der Waals surface area contributed by atoms with E-state index in [0.717, 1.165) is 12.8 Å². The molecule has 2 rings (SSSR count). The summed E-state index contributed by atoms with van der Waals surface area (Å²) < 4.78 is 5.38. The van der Waals surface area contributed by atoms with Gasteiger partial charge in [-0.1, -0.05) is 0 Å². The minimum absolute atomic E-state index is 0.237. The topological polar surface area (TPSA) is 97.5 Å². The van der Waals surface area contributed by atoms with Crippen LogP contribution in [0.1, 0.15) is 44.0 Å². The number of nitrogens with two attached hydrogens (primary N) is 1. The molecule has 7 heteroatoms. The third-order valence-corrected chi connectivity index (χ3v) is 3.55. The fourth-order valence-electron chi connectivity index (χ4n) is 2.37. The second-order valence-electron chi connectivity index (χ2n) is 6.68. The Labute approximate surface area is 136 Å². The van der Waals surface area contributed by atoms with Crippen molar-refractivity contribution in [2.75, 3.05) is 18.4 Å². The molecule has 2 amide bonds. The molecule has 7 nitrogen and oxygen atoms in total. The minimum atomic E-state index is -0.491. The molecule has 0 spiro atoms. The van der Waals surface area contributed by atoms with Gasteiger partial charge in [0.15, 0.2) is 0 Å². The van der Waals surface area contributed by atoms with Gasteiger partial charge in [-0.05, 0) is 45.7 Å². The van der Waals surface area contributed by atoms with Gasteiger partial charge in [0.05, 0.1) is 5.56 Å². The molecule has 3 N–H and O–H groups in total. The fourth-order valence-corrected chi connectivity index (χ4v) is 2.37. The summed E-state index contributed by atoms with van der Waals surface area (Å²) in [6.45, 7) is 6.87. The van der Waals surface area contributed by atoms with Crippen molar-refractivity contribution in [3.05, 3.63) is 23.9 Å². The maximum absolute atomic E-state index is 12.0. The van der Waals surface area contributed by atoms with Gasteiger partial charge < -0.3 is 20.7 Å². The monoisotopic (exact) mass is 320 g/mol. The summed E-state index contributed by atoms with van der Waals surface area (Å²) in [5.74, 6) is 0.209. The molecule has 0 atom stereocenters. The lowest BCUT2D eigenvalue weighted by atomic mass is 10.1. The molecule has 1 saturated heterocycles. The summed E-state index contributed by atoms with van der Waals surface area (Å²) in [7, 11) is 0. The van der Waals surface area contributed by atoms with Crippen molar-refractivity contribution in [3.8, 4) is 0 Å². The first-order valence-electron chi connectivity index (χ1n) is 7.75. The Morgan fingerprint density at radius 1 is 1.30 bits per heavy atom. The quantitative estimate of drug-likeness (QED) is 0.887. The van der Waals surface area contributed by atoms with Crippen LogP contribution in [0.25, 0.3) is 0 Å². The molecule has 1 aromatic heterocycles. The molecule has 1 aromatic rings. The molecule has 1 aliphatic heterocycles. The molecular weight excluding hydrogens is 296 g/mol. The second kappa shape index (κ2) is 6.85. The number of nitrogens with zero attached hydrogens (tertiary/aromatic N) is 2. The Morgan fingerprint density at radius 2 is 1.96 bits per heavy atom. The SMILES string of the molecule is CC(C)(C)OC(=O)N1CCC(Nc2ccc(C(N)=O)cn2)CC1. The highest BCUT2D eigenvalue weighted by molar-refractivity contribution is 5.92. The zero-order valence-electron chi connectivity index (χ0n) is 13.8. The van der Waals surface area contributed by atoms with E-state index in [1.54, 1.807) is 17.0 Å². The number of piperidine rings is 1. The first-order chi connectivity index (χ1) is 10.7. The Kier molecular flexibility index (Phi) is 5.08. The maximum Gasteiger partial charge on any atom is 0.410 e. The normalized spacial score (nSPS) is 16.0. The first-order valence-corrected chi connectivity index (χ1v) is 7.75. The molecular formula is C16H24N4O3. The molecule has 126 valence electrons. The van der Waals surface area contributed by atoms with E-state index >= 15 is 0 Å². The minimum Gasteiger partial charge on any atom is -0.444 e. The molecule has 0 aromatic carbocycles. The Morgan fingerprint density at radius 3 is 2.43 bits per heavy atom. The molecule has 0 saturated carbocycles. The number of carbonyl (C=O) groups excluding carboxylic acids is 2. The number of hydrogen-bond donors (Lipinski definition) is 2. The summed E-state index contributed by atoms with van der Waals surface area (Å²) in [5.41, 5.74) is 5.10. The van der Waals surface area contributed by atoms with Crippen LogP contribution in [0.15, 0.2) is 18.3 Å². The Bertz CT molecular complexity index is 558. The highest BCUT2D eigenvalue weighted by Gasteiger charge is 2.26. The van der Waals surface area contributed by atoms with Crippen molar-refractivity contribution in [1.82, 2.24) is 9.88 Å². The van der Waals surface area contributed by atoms with Crippen LogP contribution < -0.4 is 11.1 Å². The number of rotatable bonds is 3. The maximum atomic E-state index is 12.0. The number of likely N-dealkylation sites (tertiary alicyclic amines) is 1. The Balaban J connectivity index is 1.82. The summed E-state index contributed by atoms with van der Waals surface area (Å²) >= 11 is 0. The van der Waals surface area contributed by atoms with E-state index in [2.05, 4.69) is 10.3 Å². The molecule has 0 aliphatic carbocycles. The summed E-state index contributed by atoms with van der Waals surface area (Å²) in [5, 5.41) is 3.31. The number of amides is 2. The van der Waals surface area contributed by atoms with Crippen LogP contribution in [0.3, 0.4) is 0 Å². The molecule has 0 unspecified atom stereocenters. The molecule has 0 bridgehead atoms. The van der Waals surface area contributed by atoms with Crippen LogP contribution in [0, 0.1) is 0 Å². The Hall–Kier alpha value is -2.31. The van der Waals surface area contributed by atoms with Gasteiger partial charge in [0, 0.05) is 25.3 Å². The number of anilines is 1. The van der Waals surface area contributed by atoms with Gasteiger partial charge in [-0.15, -0.1) is 0 Å². The molecule has 2 heterocycles. The summed E-state index contributed by atoms with van der Waals surface area (Å²) in [6, 6.07) is 3.62. The zero-order valence-corrected chi connectivity index (χ0v) is 13.8. The smallest absolute Gasteiger partial charge is 0.410 e. The van der Waals surface area contributed by atoms with Crippen molar-refractivity contribution in [1.29, 1.82) is 0 Å². The van der Waals surface area contributed by atoms with Gasteiger partial charge in [-0.25, -0.2) is 9.78 Å². The predicted octanol–water partition coefficient (Wildman–Crippen LogP) is 1.99. The highest BCUT2D eigenvalue weighted by Crippen LogP contribution is 2.18. The predicted molar refractivity (Wildman–Crippen MR) is 87.2 cm³/mol. The zero-order chi connectivity index (χ0) is 17.0. The molecule has 23 heavy (non-hydrogen) atoms. The first kappa shape index (κ1) is 17.1. The number of carbonyl (C=O) groups is 2. The largest absolute Gasteiger partial charge is 0.444 e. The van der Waals surface area contributed by atoms with Crippen LogP contribution >= 0.6 is 0 Å². The number of ether oxygens (including phenoxy) is 1. The van der Waals surface area contributed by atoms with Crippen LogP contribution in [0.2, 0.25) is 0 Å². The lowest BCUT2D eigenvalue weighted by Crippen LogP contribution is -2.44. The van der Waals surface area contributed by atoms with E-state index in [9.17, 15) is 9.59 Å². The van der Waals surface area contributed by atoms with E-state index in [4.69, 9.17) is 10.5 Å². The average Bonchev–Trinajstić information content (AvgIpc) is 2.46. The van der Waals surface area contributed by atoms with Crippen molar-refractivity contribution < 1.29 is 14.3 Å². The van der Waals surface area contributed by atoms with E-state index in [1.807, 2.05) is 20.8 Å². The molecule has 1 aliphatic rings. The standard InChI is InChI=1S/C16H24N4O3/c1-16(2,3)23-15(22)20-8-6-12(7-9-20)19-13-5-4-11(10-18-13)14(17)21/h4-5,10,12H,6-9H2,1-3H3,(H2,17,21)(H,18,19).